The molecule has 1 aromatic rings. The van der Waals surface area contributed by atoms with E-state index in [0.29, 0.717) is 5.69 Å². The topological polar surface area (TPSA) is 66.5 Å². The minimum Gasteiger partial charge on any atom is -0.324 e. The second kappa shape index (κ2) is 4.95. The number of anilines is 1. The number of hydrogen-bond donors (Lipinski definition) is 1. The van der Waals surface area contributed by atoms with E-state index in [9.17, 15) is 18.8 Å². The highest BCUT2D eigenvalue weighted by Gasteiger charge is 2.30. The van der Waals surface area contributed by atoms with Gasteiger partial charge in [-0.1, -0.05) is 6.07 Å². The molecule has 1 saturated heterocycles. The molecular formula is C12H11FN2O3. The molecule has 1 heterocycles. The first-order valence-corrected chi connectivity index (χ1v) is 5.45. The average Bonchev–Trinajstić information content (AvgIpc) is 2.61. The predicted octanol–water partition coefficient (Wildman–Crippen LogP) is 0.913. The normalized spacial score (nSPS) is 15.1. The Hall–Kier alpha value is -2.24. The first-order chi connectivity index (χ1) is 8.56. The first-order valence-electron chi connectivity index (χ1n) is 5.45. The third-order valence-electron chi connectivity index (χ3n) is 2.56. The van der Waals surface area contributed by atoms with E-state index >= 15 is 0 Å². The first kappa shape index (κ1) is 12.2. The zero-order valence-corrected chi connectivity index (χ0v) is 9.48. The Balaban J connectivity index is 1.97. The van der Waals surface area contributed by atoms with E-state index < -0.39 is 11.7 Å². The van der Waals surface area contributed by atoms with Crippen molar-refractivity contribution in [3.05, 3.63) is 30.1 Å². The van der Waals surface area contributed by atoms with Crippen molar-refractivity contribution >= 4 is 23.4 Å². The molecule has 18 heavy (non-hydrogen) atoms. The third kappa shape index (κ3) is 2.71. The summed E-state index contributed by atoms with van der Waals surface area (Å²) in [5.41, 5.74) is 0.291. The highest BCUT2D eigenvalue weighted by Crippen LogP contribution is 2.12. The van der Waals surface area contributed by atoms with Crippen LogP contribution in [0.15, 0.2) is 24.3 Å². The highest BCUT2D eigenvalue weighted by atomic mass is 19.1. The van der Waals surface area contributed by atoms with Crippen molar-refractivity contribution in [3.63, 3.8) is 0 Å². The molecule has 0 radical (unpaired) electrons. The summed E-state index contributed by atoms with van der Waals surface area (Å²) in [6.07, 6.45) is 0.290. The Morgan fingerprint density at radius 1 is 1.28 bits per heavy atom. The molecule has 0 aliphatic carbocycles. The zero-order valence-electron chi connectivity index (χ0n) is 9.48. The van der Waals surface area contributed by atoms with Gasteiger partial charge in [-0.05, 0) is 18.2 Å². The Morgan fingerprint density at radius 2 is 1.94 bits per heavy atom. The molecule has 1 aliphatic rings. The number of imide groups is 1. The van der Waals surface area contributed by atoms with Crippen LogP contribution in [0.3, 0.4) is 0 Å². The zero-order chi connectivity index (χ0) is 13.1. The van der Waals surface area contributed by atoms with Gasteiger partial charge in [0, 0.05) is 18.5 Å². The van der Waals surface area contributed by atoms with Crippen LogP contribution in [0.25, 0.3) is 0 Å². The maximum atomic E-state index is 12.9. The number of likely N-dealkylation sites (tertiary alicyclic amines) is 1. The molecule has 0 saturated carbocycles. The lowest BCUT2D eigenvalue weighted by Crippen LogP contribution is -2.36. The molecule has 1 aliphatic heterocycles. The summed E-state index contributed by atoms with van der Waals surface area (Å²) in [5, 5.41) is 2.43. The average molecular weight is 250 g/mol. The molecule has 0 spiro atoms. The third-order valence-corrected chi connectivity index (χ3v) is 2.56. The van der Waals surface area contributed by atoms with Crippen LogP contribution in [-0.2, 0) is 14.4 Å². The lowest BCUT2D eigenvalue weighted by molar-refractivity contribution is -0.141. The fourth-order valence-electron chi connectivity index (χ4n) is 1.71. The van der Waals surface area contributed by atoms with Crippen LogP contribution < -0.4 is 5.32 Å². The summed E-state index contributed by atoms with van der Waals surface area (Å²) in [6, 6.07) is 5.39. The lowest BCUT2D eigenvalue weighted by Gasteiger charge is -2.13. The van der Waals surface area contributed by atoms with Gasteiger partial charge in [0.1, 0.15) is 12.4 Å². The minimum absolute atomic E-state index is 0.145. The molecule has 0 atom stereocenters. The summed E-state index contributed by atoms with van der Waals surface area (Å²) in [7, 11) is 0. The van der Waals surface area contributed by atoms with Crippen LogP contribution in [-0.4, -0.2) is 29.2 Å². The molecule has 1 aromatic carbocycles. The number of rotatable bonds is 3. The van der Waals surface area contributed by atoms with Gasteiger partial charge in [0.05, 0.1) is 0 Å². The summed E-state index contributed by atoms with van der Waals surface area (Å²) >= 11 is 0. The van der Waals surface area contributed by atoms with E-state index in [1.807, 2.05) is 0 Å². The summed E-state index contributed by atoms with van der Waals surface area (Å²) < 4.78 is 12.9. The van der Waals surface area contributed by atoms with Crippen molar-refractivity contribution in [2.75, 3.05) is 11.9 Å². The Bertz CT molecular complexity index is 500. The van der Waals surface area contributed by atoms with Crippen LogP contribution in [0.2, 0.25) is 0 Å². The molecule has 0 aromatic heterocycles. The Morgan fingerprint density at radius 3 is 2.56 bits per heavy atom. The lowest BCUT2D eigenvalue weighted by atomic mass is 10.3. The van der Waals surface area contributed by atoms with Crippen LogP contribution in [0.1, 0.15) is 12.8 Å². The van der Waals surface area contributed by atoms with Gasteiger partial charge in [0.25, 0.3) is 0 Å². The van der Waals surface area contributed by atoms with Gasteiger partial charge in [-0.2, -0.15) is 0 Å². The van der Waals surface area contributed by atoms with Gasteiger partial charge in [-0.15, -0.1) is 0 Å². The molecule has 1 N–H and O–H groups in total. The highest BCUT2D eigenvalue weighted by molar-refractivity contribution is 6.06. The fourth-order valence-corrected chi connectivity index (χ4v) is 1.71. The van der Waals surface area contributed by atoms with E-state index in [1.54, 1.807) is 0 Å². The van der Waals surface area contributed by atoms with Gasteiger partial charge >= 0.3 is 0 Å². The van der Waals surface area contributed by atoms with Gasteiger partial charge in [0.2, 0.25) is 17.7 Å². The molecule has 3 amide bonds. The number of amides is 3. The van der Waals surface area contributed by atoms with Crippen LogP contribution >= 0.6 is 0 Å². The predicted molar refractivity (Wildman–Crippen MR) is 61.0 cm³/mol. The molecular weight excluding hydrogens is 239 g/mol. The fraction of sp³-hybridized carbons (Fsp3) is 0.250. The second-order valence-corrected chi connectivity index (χ2v) is 3.93. The molecule has 5 nitrogen and oxygen atoms in total. The minimum atomic E-state index is -0.524. The van der Waals surface area contributed by atoms with Crippen molar-refractivity contribution in [1.29, 1.82) is 0 Å². The summed E-state index contributed by atoms with van der Waals surface area (Å²) in [4.78, 5) is 35.1. The number of halogens is 1. The van der Waals surface area contributed by atoms with Crippen molar-refractivity contribution in [2.24, 2.45) is 0 Å². The van der Waals surface area contributed by atoms with E-state index in [1.165, 1.54) is 18.2 Å². The van der Waals surface area contributed by atoms with Crippen LogP contribution in [0.5, 0.6) is 0 Å². The van der Waals surface area contributed by atoms with Gasteiger partial charge in [0.15, 0.2) is 0 Å². The van der Waals surface area contributed by atoms with E-state index in [4.69, 9.17) is 0 Å². The van der Waals surface area contributed by atoms with Crippen molar-refractivity contribution in [1.82, 2.24) is 4.90 Å². The largest absolute Gasteiger partial charge is 0.324 e. The van der Waals surface area contributed by atoms with Gasteiger partial charge < -0.3 is 5.32 Å². The molecule has 0 bridgehead atoms. The summed E-state index contributed by atoms with van der Waals surface area (Å²) in [6.45, 7) is -0.325. The number of benzene rings is 1. The summed E-state index contributed by atoms with van der Waals surface area (Å²) in [5.74, 6) is -1.70. The smallest absolute Gasteiger partial charge is 0.244 e. The second-order valence-electron chi connectivity index (χ2n) is 3.93. The monoisotopic (exact) mass is 250 g/mol. The standard InChI is InChI=1S/C12H11FN2O3/c13-8-2-1-3-9(6-8)14-10(16)7-15-11(17)4-5-12(15)18/h1-3,6H,4-5,7H2,(H,14,16). The maximum Gasteiger partial charge on any atom is 0.244 e. The maximum absolute atomic E-state index is 12.9. The Kier molecular flexibility index (Phi) is 3.36. The number of hydrogen-bond acceptors (Lipinski definition) is 3. The number of carbonyl (C=O) groups excluding carboxylic acids is 3. The molecule has 6 heteroatoms. The molecule has 0 unspecified atom stereocenters. The van der Waals surface area contributed by atoms with E-state index in [2.05, 4.69) is 5.32 Å². The SMILES string of the molecule is O=C(CN1C(=O)CCC1=O)Nc1cccc(F)c1. The van der Waals surface area contributed by atoms with Gasteiger partial charge in [-0.3, -0.25) is 19.3 Å². The van der Waals surface area contributed by atoms with Crippen LogP contribution in [0, 0.1) is 5.82 Å². The van der Waals surface area contributed by atoms with Crippen LogP contribution in [0.4, 0.5) is 10.1 Å². The van der Waals surface area contributed by atoms with E-state index in [-0.39, 0.29) is 31.2 Å². The Labute approximate surface area is 103 Å². The van der Waals surface area contributed by atoms with Crippen molar-refractivity contribution < 1.29 is 18.8 Å². The number of nitrogens with one attached hydrogen (secondary N) is 1. The molecule has 1 fully saturated rings. The molecule has 2 rings (SSSR count). The number of carbonyl (C=O) groups is 3. The number of nitrogens with zero attached hydrogens (tertiary/aromatic N) is 1. The quantitative estimate of drug-likeness (QED) is 0.811. The molecule has 94 valence electrons. The van der Waals surface area contributed by atoms with E-state index in [0.717, 1.165) is 11.0 Å². The van der Waals surface area contributed by atoms with Gasteiger partial charge in [-0.25, -0.2) is 4.39 Å². The van der Waals surface area contributed by atoms with Crippen molar-refractivity contribution in [2.45, 2.75) is 12.8 Å². The van der Waals surface area contributed by atoms with Crippen molar-refractivity contribution in [3.8, 4) is 0 Å².